The van der Waals surface area contributed by atoms with E-state index in [1.54, 1.807) is 13.8 Å². The molecule has 3 nitrogen and oxygen atoms in total. The number of rotatable bonds is 2. The van der Waals surface area contributed by atoms with Crippen molar-refractivity contribution >= 4 is 11.8 Å². The Morgan fingerprint density at radius 3 is 2.23 bits per heavy atom. The molecular weight excluding hydrogens is 276 g/mol. The fourth-order valence-corrected chi connectivity index (χ4v) is 2.98. The van der Waals surface area contributed by atoms with E-state index in [0.29, 0.717) is 12.8 Å². The van der Waals surface area contributed by atoms with Gasteiger partial charge in [-0.05, 0) is 38.8 Å². The zero-order valence-electron chi connectivity index (χ0n) is 13.6. The molecule has 3 heteroatoms. The Labute approximate surface area is 132 Å². The monoisotopic (exact) mass is 298 g/mol. The average Bonchev–Trinajstić information content (AvgIpc) is 2.53. The Morgan fingerprint density at radius 2 is 1.68 bits per heavy atom. The third kappa shape index (κ3) is 2.54. The van der Waals surface area contributed by atoms with Crippen molar-refractivity contribution in [3.05, 3.63) is 35.9 Å². The molecule has 1 aliphatic rings. The molecule has 2 rings (SSSR count). The van der Waals surface area contributed by atoms with E-state index in [9.17, 15) is 9.59 Å². The van der Waals surface area contributed by atoms with Crippen molar-refractivity contribution in [3.8, 4) is 11.8 Å². The first-order valence-electron chi connectivity index (χ1n) is 7.71. The standard InChI is InChI=1S/C19H22O3/c1-5-19(6-2)15(13-12-14-10-8-7-9-11-14)22-17(21)18(3,4)16(19)20/h7-11,15H,5-6H2,1-4H3/t15-/m0/s1. The van der Waals surface area contributed by atoms with Crippen molar-refractivity contribution in [1.29, 1.82) is 0 Å². The molecule has 0 aliphatic carbocycles. The van der Waals surface area contributed by atoms with Crippen molar-refractivity contribution in [2.24, 2.45) is 10.8 Å². The normalized spacial score (nSPS) is 22.5. The lowest BCUT2D eigenvalue weighted by atomic mass is 9.63. The van der Waals surface area contributed by atoms with Crippen LogP contribution in [0.2, 0.25) is 0 Å². The lowest BCUT2D eigenvalue weighted by molar-refractivity contribution is -0.183. The van der Waals surface area contributed by atoms with Crippen LogP contribution >= 0.6 is 0 Å². The Bertz CT molecular complexity index is 628. The molecule has 1 saturated heterocycles. The summed E-state index contributed by atoms with van der Waals surface area (Å²) in [5, 5.41) is 0. The number of ketones is 1. The maximum atomic E-state index is 12.9. The molecular formula is C19H22O3. The van der Waals surface area contributed by atoms with E-state index in [0.717, 1.165) is 5.56 Å². The lowest BCUT2D eigenvalue weighted by Crippen LogP contribution is -2.57. The highest BCUT2D eigenvalue weighted by molar-refractivity contribution is 6.08. The molecule has 22 heavy (non-hydrogen) atoms. The van der Waals surface area contributed by atoms with Gasteiger partial charge in [-0.3, -0.25) is 9.59 Å². The number of esters is 1. The largest absolute Gasteiger partial charge is 0.447 e. The van der Waals surface area contributed by atoms with Gasteiger partial charge in [-0.2, -0.15) is 0 Å². The molecule has 1 atom stereocenters. The summed E-state index contributed by atoms with van der Waals surface area (Å²) >= 11 is 0. The van der Waals surface area contributed by atoms with Crippen molar-refractivity contribution in [3.63, 3.8) is 0 Å². The zero-order chi connectivity index (χ0) is 16.4. The van der Waals surface area contributed by atoms with Gasteiger partial charge in [0.15, 0.2) is 11.9 Å². The zero-order valence-corrected chi connectivity index (χ0v) is 13.6. The van der Waals surface area contributed by atoms with Gasteiger partial charge in [-0.15, -0.1) is 0 Å². The van der Waals surface area contributed by atoms with E-state index < -0.39 is 22.9 Å². The summed E-state index contributed by atoms with van der Waals surface area (Å²) in [6, 6.07) is 9.50. The number of cyclic esters (lactones) is 1. The van der Waals surface area contributed by atoms with Gasteiger partial charge in [-0.25, -0.2) is 0 Å². The van der Waals surface area contributed by atoms with Crippen LogP contribution in [0.25, 0.3) is 0 Å². The molecule has 0 radical (unpaired) electrons. The molecule has 1 aliphatic heterocycles. The van der Waals surface area contributed by atoms with Gasteiger partial charge in [-0.1, -0.05) is 43.9 Å². The van der Waals surface area contributed by atoms with E-state index in [1.807, 2.05) is 44.2 Å². The Balaban J connectivity index is 2.43. The van der Waals surface area contributed by atoms with Gasteiger partial charge in [0.25, 0.3) is 0 Å². The van der Waals surface area contributed by atoms with E-state index in [1.165, 1.54) is 0 Å². The van der Waals surface area contributed by atoms with E-state index in [2.05, 4.69) is 11.8 Å². The fourth-order valence-electron chi connectivity index (χ4n) is 2.98. The second-order valence-corrected chi connectivity index (χ2v) is 6.24. The van der Waals surface area contributed by atoms with Gasteiger partial charge in [0.2, 0.25) is 0 Å². The van der Waals surface area contributed by atoms with Crippen LogP contribution in [0, 0.1) is 22.7 Å². The van der Waals surface area contributed by atoms with Crippen molar-refractivity contribution in [2.45, 2.75) is 46.6 Å². The number of ether oxygens (including phenoxy) is 1. The molecule has 0 aromatic heterocycles. The summed E-state index contributed by atoms with van der Waals surface area (Å²) in [7, 11) is 0. The van der Waals surface area contributed by atoms with Gasteiger partial charge in [0.05, 0.1) is 5.41 Å². The molecule has 1 aromatic rings. The summed E-state index contributed by atoms with van der Waals surface area (Å²) < 4.78 is 5.56. The molecule has 0 N–H and O–H groups in total. The van der Waals surface area contributed by atoms with E-state index in [-0.39, 0.29) is 5.78 Å². The van der Waals surface area contributed by atoms with Crippen LogP contribution in [0.3, 0.4) is 0 Å². The van der Waals surface area contributed by atoms with E-state index >= 15 is 0 Å². The lowest BCUT2D eigenvalue weighted by Gasteiger charge is -2.44. The fraction of sp³-hybridized carbons (Fsp3) is 0.474. The van der Waals surface area contributed by atoms with Crippen molar-refractivity contribution in [1.82, 2.24) is 0 Å². The first kappa shape index (κ1) is 16.3. The smallest absolute Gasteiger partial charge is 0.320 e. The van der Waals surface area contributed by atoms with Crippen molar-refractivity contribution in [2.75, 3.05) is 0 Å². The van der Waals surface area contributed by atoms with Crippen LogP contribution in [0.1, 0.15) is 46.1 Å². The van der Waals surface area contributed by atoms with Crippen LogP contribution < -0.4 is 0 Å². The predicted octanol–water partition coefficient (Wildman–Crippen LogP) is 3.37. The Hall–Kier alpha value is -2.08. The number of Topliss-reactive ketones (excluding diaryl/α,β-unsaturated/α-hetero) is 1. The highest BCUT2D eigenvalue weighted by atomic mass is 16.5. The summed E-state index contributed by atoms with van der Waals surface area (Å²) in [6.07, 6.45) is 0.524. The minimum atomic E-state index is -1.10. The summed E-state index contributed by atoms with van der Waals surface area (Å²) in [4.78, 5) is 25.1. The molecule has 0 bridgehead atoms. The van der Waals surface area contributed by atoms with Crippen LogP contribution in [0.5, 0.6) is 0 Å². The number of carbonyl (C=O) groups excluding carboxylic acids is 2. The number of benzene rings is 1. The summed E-state index contributed by atoms with van der Waals surface area (Å²) in [6.45, 7) is 7.18. The van der Waals surface area contributed by atoms with Crippen LogP contribution in [-0.4, -0.2) is 17.9 Å². The van der Waals surface area contributed by atoms with Gasteiger partial charge in [0.1, 0.15) is 5.41 Å². The molecule has 0 amide bonds. The summed E-state index contributed by atoms with van der Waals surface area (Å²) in [5.74, 6) is 5.50. The van der Waals surface area contributed by atoms with Gasteiger partial charge < -0.3 is 4.74 Å². The first-order chi connectivity index (χ1) is 10.4. The van der Waals surface area contributed by atoms with Crippen LogP contribution in [0.15, 0.2) is 30.3 Å². The van der Waals surface area contributed by atoms with Crippen LogP contribution in [0.4, 0.5) is 0 Å². The quantitative estimate of drug-likeness (QED) is 0.478. The average molecular weight is 298 g/mol. The molecule has 1 fully saturated rings. The first-order valence-corrected chi connectivity index (χ1v) is 7.71. The molecule has 1 aromatic carbocycles. The predicted molar refractivity (Wildman–Crippen MR) is 85.0 cm³/mol. The maximum absolute atomic E-state index is 12.9. The number of hydrogen-bond acceptors (Lipinski definition) is 3. The molecule has 0 spiro atoms. The Morgan fingerprint density at radius 1 is 1.09 bits per heavy atom. The highest BCUT2D eigenvalue weighted by Gasteiger charge is 2.57. The number of hydrogen-bond donors (Lipinski definition) is 0. The minimum Gasteiger partial charge on any atom is -0.447 e. The third-order valence-corrected chi connectivity index (χ3v) is 4.64. The maximum Gasteiger partial charge on any atom is 0.320 e. The topological polar surface area (TPSA) is 43.4 Å². The molecule has 116 valence electrons. The molecule has 0 unspecified atom stereocenters. The second kappa shape index (κ2) is 5.96. The van der Waals surface area contributed by atoms with Crippen molar-refractivity contribution < 1.29 is 14.3 Å². The van der Waals surface area contributed by atoms with Crippen LogP contribution in [-0.2, 0) is 14.3 Å². The molecule has 0 saturated carbocycles. The van der Waals surface area contributed by atoms with Gasteiger partial charge >= 0.3 is 5.97 Å². The highest BCUT2D eigenvalue weighted by Crippen LogP contribution is 2.44. The van der Waals surface area contributed by atoms with E-state index in [4.69, 9.17) is 4.74 Å². The third-order valence-electron chi connectivity index (χ3n) is 4.64. The SMILES string of the molecule is CCC1(CC)C(=O)C(C)(C)C(=O)O[C@H]1C#Cc1ccccc1. The minimum absolute atomic E-state index is 0.0615. The second-order valence-electron chi connectivity index (χ2n) is 6.24. The Kier molecular flexibility index (Phi) is 4.42. The molecule has 1 heterocycles. The summed E-state index contributed by atoms with van der Waals surface area (Å²) in [5.41, 5.74) is -0.979. The van der Waals surface area contributed by atoms with Gasteiger partial charge in [0, 0.05) is 5.56 Å². The number of carbonyl (C=O) groups is 2.